The van der Waals surface area contributed by atoms with E-state index in [4.69, 9.17) is 4.74 Å². The van der Waals surface area contributed by atoms with Crippen LogP contribution in [0.3, 0.4) is 0 Å². The smallest absolute Gasteiger partial charge is 0.416 e. The molecule has 1 saturated heterocycles. The Morgan fingerprint density at radius 1 is 0.912 bits per heavy atom. The topological polar surface area (TPSA) is 19.0 Å². The fourth-order valence-electron chi connectivity index (χ4n) is 4.25. The molecule has 0 aromatic heterocycles. The van der Waals surface area contributed by atoms with Crippen LogP contribution in [0.25, 0.3) is 0 Å². The number of rotatable bonds is 10. The lowest BCUT2D eigenvalue weighted by Crippen LogP contribution is -2.49. The van der Waals surface area contributed by atoms with E-state index in [2.05, 4.69) is 52.8 Å². The van der Waals surface area contributed by atoms with E-state index in [0.717, 1.165) is 69.8 Å². The molecule has 7 heteroatoms. The van der Waals surface area contributed by atoms with Gasteiger partial charge in [-0.15, -0.1) is 0 Å². The average Bonchev–Trinajstić information content (AvgIpc) is 2.80. The second-order valence-electron chi connectivity index (χ2n) is 9.68. The van der Waals surface area contributed by atoms with Crippen LogP contribution in [0.5, 0.6) is 5.75 Å². The highest BCUT2D eigenvalue weighted by molar-refractivity contribution is 5.31. The fourth-order valence-corrected chi connectivity index (χ4v) is 4.25. The minimum absolute atomic E-state index is 0.225. The molecule has 0 N–H and O–H groups in total. The molecule has 1 aliphatic heterocycles. The number of hydrogen-bond donors (Lipinski definition) is 0. The summed E-state index contributed by atoms with van der Waals surface area (Å²) in [6.45, 7) is 10.9. The number of nitrogens with zero attached hydrogens (tertiary/aromatic N) is 3. The van der Waals surface area contributed by atoms with Crippen molar-refractivity contribution in [1.29, 1.82) is 0 Å². The van der Waals surface area contributed by atoms with E-state index in [1.807, 2.05) is 14.1 Å². The fraction of sp³-hybridized carbons (Fsp3) is 0.556. The molecule has 2 aromatic rings. The van der Waals surface area contributed by atoms with Gasteiger partial charge in [-0.1, -0.05) is 24.3 Å². The molecule has 0 saturated carbocycles. The first-order valence-corrected chi connectivity index (χ1v) is 12.2. The lowest BCUT2D eigenvalue weighted by Gasteiger charge is -2.36. The van der Waals surface area contributed by atoms with Gasteiger partial charge in [0.05, 0.1) is 5.56 Å². The van der Waals surface area contributed by atoms with Crippen molar-refractivity contribution < 1.29 is 17.9 Å². The van der Waals surface area contributed by atoms with Crippen LogP contribution in [-0.4, -0.2) is 74.1 Å². The molecular weight excluding hydrogens is 439 g/mol. The standard InChI is InChI=1S/C27H38F3N3O/c1-21(2)33-19-17-32(18-20-33)16-13-22-5-7-23(8-6-22)26(14-15-31(3)4)34-25-11-9-24(10-12-25)27(28,29)30/h5-12,21,26H,13-20H2,1-4H3. The third-order valence-corrected chi connectivity index (χ3v) is 6.50. The number of benzene rings is 2. The van der Waals surface area contributed by atoms with Gasteiger partial charge in [-0.05, 0) is 69.8 Å². The van der Waals surface area contributed by atoms with E-state index < -0.39 is 11.7 Å². The first kappa shape index (κ1) is 26.5. The Hall–Kier alpha value is -2.09. The zero-order valence-corrected chi connectivity index (χ0v) is 20.8. The van der Waals surface area contributed by atoms with Crippen LogP contribution in [0.2, 0.25) is 0 Å². The van der Waals surface area contributed by atoms with Crippen molar-refractivity contribution >= 4 is 0 Å². The van der Waals surface area contributed by atoms with Crippen molar-refractivity contribution in [2.24, 2.45) is 0 Å². The summed E-state index contributed by atoms with van der Waals surface area (Å²) in [4.78, 5) is 7.13. The van der Waals surface area contributed by atoms with Crippen molar-refractivity contribution in [2.45, 2.75) is 45.0 Å². The second kappa shape index (κ2) is 12.0. The van der Waals surface area contributed by atoms with Gasteiger partial charge in [0.1, 0.15) is 11.9 Å². The molecule has 2 aromatic carbocycles. The van der Waals surface area contributed by atoms with E-state index in [9.17, 15) is 13.2 Å². The molecule has 0 radical (unpaired) electrons. The maximum atomic E-state index is 12.9. The molecule has 3 rings (SSSR count). The van der Waals surface area contributed by atoms with Gasteiger partial charge in [0.2, 0.25) is 0 Å². The molecule has 1 atom stereocenters. The molecule has 0 aliphatic carbocycles. The average molecular weight is 478 g/mol. The predicted molar refractivity (Wildman–Crippen MR) is 131 cm³/mol. The molecule has 1 fully saturated rings. The van der Waals surface area contributed by atoms with E-state index in [0.29, 0.717) is 11.8 Å². The van der Waals surface area contributed by atoms with Crippen molar-refractivity contribution in [3.05, 3.63) is 65.2 Å². The SMILES string of the molecule is CC(C)N1CCN(CCc2ccc(C(CCN(C)C)Oc3ccc(C(F)(F)F)cc3)cc2)CC1. The summed E-state index contributed by atoms with van der Waals surface area (Å²) >= 11 is 0. The van der Waals surface area contributed by atoms with Crippen LogP contribution in [0, 0.1) is 0 Å². The minimum atomic E-state index is -4.35. The zero-order chi connectivity index (χ0) is 24.7. The van der Waals surface area contributed by atoms with Gasteiger partial charge in [0, 0.05) is 51.7 Å². The van der Waals surface area contributed by atoms with Crippen LogP contribution >= 0.6 is 0 Å². The van der Waals surface area contributed by atoms with Crippen molar-refractivity contribution in [3.8, 4) is 5.75 Å². The number of halogens is 3. The van der Waals surface area contributed by atoms with E-state index >= 15 is 0 Å². The molecule has 0 amide bonds. The summed E-state index contributed by atoms with van der Waals surface area (Å²) < 4.78 is 44.8. The highest BCUT2D eigenvalue weighted by Gasteiger charge is 2.30. The minimum Gasteiger partial charge on any atom is -0.486 e. The zero-order valence-electron chi connectivity index (χ0n) is 20.8. The number of piperazine rings is 1. The molecule has 1 unspecified atom stereocenters. The molecular formula is C27H38F3N3O. The lowest BCUT2D eigenvalue weighted by atomic mass is 10.0. The third-order valence-electron chi connectivity index (χ3n) is 6.50. The Balaban J connectivity index is 1.59. The molecule has 188 valence electrons. The van der Waals surface area contributed by atoms with Gasteiger partial charge in [-0.3, -0.25) is 4.90 Å². The summed E-state index contributed by atoms with van der Waals surface area (Å²) in [5.74, 6) is 0.446. The molecule has 4 nitrogen and oxygen atoms in total. The normalized spacial score (nSPS) is 16.9. The van der Waals surface area contributed by atoms with Crippen molar-refractivity contribution in [2.75, 3.05) is 53.4 Å². The lowest BCUT2D eigenvalue weighted by molar-refractivity contribution is -0.137. The van der Waals surface area contributed by atoms with Crippen molar-refractivity contribution in [3.63, 3.8) is 0 Å². The largest absolute Gasteiger partial charge is 0.486 e. The van der Waals surface area contributed by atoms with Crippen molar-refractivity contribution in [1.82, 2.24) is 14.7 Å². The quantitative estimate of drug-likeness (QED) is 0.459. The monoisotopic (exact) mass is 477 g/mol. The summed E-state index contributed by atoms with van der Waals surface area (Å²) in [5, 5.41) is 0. The van der Waals surface area contributed by atoms with Gasteiger partial charge in [-0.2, -0.15) is 13.2 Å². The van der Waals surface area contributed by atoms with Gasteiger partial charge < -0.3 is 14.5 Å². The molecule has 34 heavy (non-hydrogen) atoms. The van der Waals surface area contributed by atoms with Crippen LogP contribution < -0.4 is 4.74 Å². The maximum absolute atomic E-state index is 12.9. The number of hydrogen-bond acceptors (Lipinski definition) is 4. The van der Waals surface area contributed by atoms with Gasteiger partial charge >= 0.3 is 6.18 Å². The van der Waals surface area contributed by atoms with E-state index in [1.54, 1.807) is 0 Å². The second-order valence-corrected chi connectivity index (χ2v) is 9.68. The molecule has 1 aliphatic rings. The Kier molecular flexibility index (Phi) is 9.39. The van der Waals surface area contributed by atoms with Gasteiger partial charge in [-0.25, -0.2) is 0 Å². The van der Waals surface area contributed by atoms with E-state index in [1.165, 1.54) is 17.7 Å². The number of ether oxygens (including phenoxy) is 1. The number of alkyl halides is 3. The first-order valence-electron chi connectivity index (χ1n) is 12.2. The first-order chi connectivity index (χ1) is 16.1. The summed E-state index contributed by atoms with van der Waals surface area (Å²) in [6.07, 6.45) is -2.82. The molecule has 1 heterocycles. The van der Waals surface area contributed by atoms with E-state index in [-0.39, 0.29) is 6.10 Å². The highest BCUT2D eigenvalue weighted by Crippen LogP contribution is 2.32. The maximum Gasteiger partial charge on any atom is 0.416 e. The molecule has 0 bridgehead atoms. The molecule has 0 spiro atoms. The van der Waals surface area contributed by atoms with Gasteiger partial charge in [0.15, 0.2) is 0 Å². The van der Waals surface area contributed by atoms with Crippen LogP contribution in [0.4, 0.5) is 13.2 Å². The summed E-state index contributed by atoms with van der Waals surface area (Å²) in [7, 11) is 4.00. The predicted octanol–water partition coefficient (Wildman–Crippen LogP) is 5.35. The summed E-state index contributed by atoms with van der Waals surface area (Å²) in [6, 6.07) is 14.0. The Morgan fingerprint density at radius 2 is 1.53 bits per heavy atom. The Bertz CT molecular complexity index is 858. The highest BCUT2D eigenvalue weighted by atomic mass is 19.4. The Morgan fingerprint density at radius 3 is 2.06 bits per heavy atom. The summed E-state index contributed by atoms with van der Waals surface area (Å²) in [5.41, 5.74) is 1.66. The van der Waals surface area contributed by atoms with Crippen LogP contribution in [0.1, 0.15) is 43.1 Å². The third kappa shape index (κ3) is 8.00. The van der Waals surface area contributed by atoms with Gasteiger partial charge in [0.25, 0.3) is 0 Å². The van der Waals surface area contributed by atoms with Crippen LogP contribution in [0.15, 0.2) is 48.5 Å². The Labute approximate surface area is 202 Å². The van der Waals surface area contributed by atoms with Crippen LogP contribution in [-0.2, 0) is 12.6 Å².